The molecule has 8 heteroatoms. The molecule has 0 radical (unpaired) electrons. The molecular formula is C25H33N5O3. The largest absolute Gasteiger partial charge is 0.446 e. The third-order valence-corrected chi connectivity index (χ3v) is 6.50. The predicted octanol–water partition coefficient (Wildman–Crippen LogP) is 3.38. The Kier molecular flexibility index (Phi) is 7.23. The summed E-state index contributed by atoms with van der Waals surface area (Å²) < 4.78 is 5.93. The zero-order valence-electron chi connectivity index (χ0n) is 19.7. The van der Waals surface area contributed by atoms with Gasteiger partial charge in [-0.3, -0.25) is 14.6 Å². The van der Waals surface area contributed by atoms with E-state index in [2.05, 4.69) is 44.0 Å². The van der Waals surface area contributed by atoms with E-state index in [4.69, 9.17) is 4.74 Å². The van der Waals surface area contributed by atoms with Crippen LogP contribution in [0.1, 0.15) is 49.7 Å². The summed E-state index contributed by atoms with van der Waals surface area (Å²) in [4.78, 5) is 39.5. The molecule has 0 aliphatic carbocycles. The van der Waals surface area contributed by atoms with Crippen LogP contribution in [0.4, 0.5) is 10.6 Å². The van der Waals surface area contributed by atoms with Crippen molar-refractivity contribution in [3.05, 3.63) is 54.0 Å². The number of likely N-dealkylation sites (tertiary alicyclic amines) is 1. The molecule has 8 nitrogen and oxygen atoms in total. The van der Waals surface area contributed by atoms with Crippen molar-refractivity contribution in [3.8, 4) is 0 Å². The van der Waals surface area contributed by atoms with Gasteiger partial charge in [0.1, 0.15) is 17.6 Å². The van der Waals surface area contributed by atoms with E-state index in [1.54, 1.807) is 6.20 Å². The van der Waals surface area contributed by atoms with Gasteiger partial charge in [0.25, 0.3) is 0 Å². The summed E-state index contributed by atoms with van der Waals surface area (Å²) in [7, 11) is 0. The van der Waals surface area contributed by atoms with Crippen molar-refractivity contribution in [2.75, 3.05) is 31.1 Å². The molecular weight excluding hydrogens is 418 g/mol. The Balaban J connectivity index is 1.28. The molecule has 2 atom stereocenters. The van der Waals surface area contributed by atoms with Gasteiger partial charge in [-0.1, -0.05) is 30.3 Å². The van der Waals surface area contributed by atoms with Crippen LogP contribution in [0.2, 0.25) is 0 Å². The molecule has 1 amide bonds. The van der Waals surface area contributed by atoms with Gasteiger partial charge in [0.05, 0.1) is 24.5 Å². The number of carbonyl (C=O) groups excluding carboxylic acids is 2. The lowest BCUT2D eigenvalue weighted by molar-refractivity contribution is 0.0100. The van der Waals surface area contributed by atoms with Gasteiger partial charge in [-0.25, -0.2) is 14.8 Å². The van der Waals surface area contributed by atoms with Crippen molar-refractivity contribution in [1.29, 1.82) is 0 Å². The van der Waals surface area contributed by atoms with Gasteiger partial charge in [-0.15, -0.1) is 0 Å². The summed E-state index contributed by atoms with van der Waals surface area (Å²) in [5.41, 5.74) is 1.67. The molecule has 2 aliphatic heterocycles. The molecule has 33 heavy (non-hydrogen) atoms. The minimum Gasteiger partial charge on any atom is -0.446 e. The van der Waals surface area contributed by atoms with Gasteiger partial charge in [-0.2, -0.15) is 0 Å². The van der Waals surface area contributed by atoms with Crippen LogP contribution in [0.25, 0.3) is 0 Å². The zero-order valence-corrected chi connectivity index (χ0v) is 19.7. The van der Waals surface area contributed by atoms with Gasteiger partial charge >= 0.3 is 6.09 Å². The monoisotopic (exact) mass is 451 g/mol. The van der Waals surface area contributed by atoms with Gasteiger partial charge in [0.2, 0.25) is 0 Å². The Morgan fingerprint density at radius 3 is 2.24 bits per heavy atom. The fraction of sp³-hybridized carbons (Fsp3) is 0.520. The number of carbonyl (C=O) groups is 2. The number of Topliss-reactive ketones (excluding diaryl/α,β-unsaturated/α-hetero) is 1. The highest BCUT2D eigenvalue weighted by atomic mass is 16.6. The Bertz CT molecular complexity index is 932. The van der Waals surface area contributed by atoms with Gasteiger partial charge < -0.3 is 9.64 Å². The SMILES string of the molecule is CC(=O)c1cnc(N2C[C@@H](C)N(C(=O)OC3CCN(Cc4ccccc4)CC3)[C@H](C)C2)cn1. The number of ether oxygens (including phenoxy) is 1. The van der Waals surface area contributed by atoms with E-state index in [1.165, 1.54) is 18.7 Å². The first-order chi connectivity index (χ1) is 15.9. The van der Waals surface area contributed by atoms with E-state index in [0.29, 0.717) is 18.8 Å². The number of ketones is 1. The first-order valence-corrected chi connectivity index (χ1v) is 11.7. The molecule has 0 unspecified atom stereocenters. The van der Waals surface area contributed by atoms with Crippen molar-refractivity contribution in [2.45, 2.75) is 58.3 Å². The van der Waals surface area contributed by atoms with Crippen molar-refractivity contribution in [3.63, 3.8) is 0 Å². The standard InChI is InChI=1S/C25H33N5O3/c1-18-15-29(24-14-26-23(13-27-24)20(3)31)16-19(2)30(18)25(32)33-22-9-11-28(12-10-22)17-21-7-5-4-6-8-21/h4-8,13-14,18-19,22H,9-12,15-17H2,1-3H3/t18-,19-/m1/s1. The normalized spacial score (nSPS) is 22.3. The zero-order chi connectivity index (χ0) is 23.4. The number of hydrogen-bond donors (Lipinski definition) is 0. The molecule has 2 aromatic rings. The molecule has 1 aromatic carbocycles. The Labute approximate surface area is 195 Å². The summed E-state index contributed by atoms with van der Waals surface area (Å²) in [6, 6.07) is 10.4. The number of nitrogens with zero attached hydrogens (tertiary/aromatic N) is 5. The second-order valence-corrected chi connectivity index (χ2v) is 9.17. The number of aromatic nitrogens is 2. The summed E-state index contributed by atoms with van der Waals surface area (Å²) in [6.07, 6.45) is 4.60. The lowest BCUT2D eigenvalue weighted by Gasteiger charge is -2.44. The number of piperazine rings is 1. The first kappa shape index (κ1) is 23.2. The summed E-state index contributed by atoms with van der Waals surface area (Å²) in [5.74, 6) is 0.617. The topological polar surface area (TPSA) is 78.9 Å². The summed E-state index contributed by atoms with van der Waals surface area (Å²) in [5, 5.41) is 0. The Morgan fingerprint density at radius 2 is 1.67 bits per heavy atom. The molecule has 2 fully saturated rings. The molecule has 176 valence electrons. The lowest BCUT2D eigenvalue weighted by Crippen LogP contribution is -2.59. The van der Waals surface area contributed by atoms with Crippen molar-refractivity contribution in [2.24, 2.45) is 0 Å². The molecule has 0 N–H and O–H groups in total. The lowest BCUT2D eigenvalue weighted by atomic mass is 10.1. The van der Waals surface area contributed by atoms with Crippen molar-refractivity contribution >= 4 is 17.7 Å². The highest BCUT2D eigenvalue weighted by Crippen LogP contribution is 2.23. The summed E-state index contributed by atoms with van der Waals surface area (Å²) in [6.45, 7) is 9.63. The molecule has 1 aromatic heterocycles. The van der Waals surface area contributed by atoms with Crippen LogP contribution < -0.4 is 4.90 Å². The number of piperidine rings is 1. The smallest absolute Gasteiger partial charge is 0.410 e. The van der Waals surface area contributed by atoms with E-state index in [1.807, 2.05) is 24.8 Å². The molecule has 0 saturated carbocycles. The second-order valence-electron chi connectivity index (χ2n) is 9.17. The second kappa shape index (κ2) is 10.3. The van der Waals surface area contributed by atoms with E-state index in [0.717, 1.165) is 38.3 Å². The van der Waals surface area contributed by atoms with E-state index < -0.39 is 0 Å². The highest BCUT2D eigenvalue weighted by molar-refractivity contribution is 5.91. The van der Waals surface area contributed by atoms with Crippen LogP contribution in [0.3, 0.4) is 0 Å². The first-order valence-electron chi connectivity index (χ1n) is 11.7. The van der Waals surface area contributed by atoms with Gasteiger partial charge in [0.15, 0.2) is 5.78 Å². The molecule has 2 saturated heterocycles. The third kappa shape index (κ3) is 5.68. The minimum absolute atomic E-state index is 0.0197. The summed E-state index contributed by atoms with van der Waals surface area (Å²) >= 11 is 0. The van der Waals surface area contributed by atoms with Gasteiger partial charge in [-0.05, 0) is 32.3 Å². The molecule has 0 spiro atoms. The average molecular weight is 452 g/mol. The van der Waals surface area contributed by atoms with E-state index >= 15 is 0 Å². The number of hydrogen-bond acceptors (Lipinski definition) is 7. The highest BCUT2D eigenvalue weighted by Gasteiger charge is 2.36. The van der Waals surface area contributed by atoms with Gasteiger partial charge in [0, 0.05) is 39.6 Å². The fourth-order valence-electron chi connectivity index (χ4n) is 4.77. The van der Waals surface area contributed by atoms with E-state index in [9.17, 15) is 9.59 Å². The fourth-order valence-corrected chi connectivity index (χ4v) is 4.77. The Hall–Kier alpha value is -3.00. The predicted molar refractivity (Wildman–Crippen MR) is 126 cm³/mol. The van der Waals surface area contributed by atoms with Crippen LogP contribution in [0.15, 0.2) is 42.7 Å². The average Bonchev–Trinajstić information content (AvgIpc) is 2.80. The number of benzene rings is 1. The Morgan fingerprint density at radius 1 is 1.00 bits per heavy atom. The van der Waals surface area contributed by atoms with Crippen LogP contribution in [-0.2, 0) is 11.3 Å². The van der Waals surface area contributed by atoms with E-state index in [-0.39, 0.29) is 30.1 Å². The molecule has 0 bridgehead atoms. The third-order valence-electron chi connectivity index (χ3n) is 6.50. The number of amides is 1. The van der Waals surface area contributed by atoms with Crippen LogP contribution >= 0.6 is 0 Å². The maximum Gasteiger partial charge on any atom is 0.410 e. The molecule has 4 rings (SSSR count). The van der Waals surface area contributed by atoms with Crippen LogP contribution in [-0.4, -0.2) is 76.0 Å². The molecule has 3 heterocycles. The maximum atomic E-state index is 13.0. The number of anilines is 1. The number of rotatable bonds is 5. The van der Waals surface area contributed by atoms with Crippen molar-refractivity contribution in [1.82, 2.24) is 19.8 Å². The van der Waals surface area contributed by atoms with Crippen LogP contribution in [0, 0.1) is 0 Å². The van der Waals surface area contributed by atoms with Crippen LogP contribution in [0.5, 0.6) is 0 Å². The minimum atomic E-state index is -0.228. The van der Waals surface area contributed by atoms with Crippen molar-refractivity contribution < 1.29 is 14.3 Å². The quantitative estimate of drug-likeness (QED) is 0.645. The maximum absolute atomic E-state index is 13.0. The molecule has 2 aliphatic rings.